The number of carbonyl (C=O) groups is 1. The monoisotopic (exact) mass is 311 g/mol. The molecule has 0 unspecified atom stereocenters. The van der Waals surface area contributed by atoms with Gasteiger partial charge in [0.1, 0.15) is 12.2 Å². The van der Waals surface area contributed by atoms with Crippen molar-refractivity contribution in [1.29, 1.82) is 0 Å². The average molecular weight is 311 g/mol. The van der Waals surface area contributed by atoms with E-state index in [1.54, 1.807) is 25.1 Å². The van der Waals surface area contributed by atoms with Crippen molar-refractivity contribution in [1.82, 2.24) is 0 Å². The predicted molar refractivity (Wildman–Crippen MR) is 79.9 cm³/mol. The molecule has 0 atom stereocenters. The first-order chi connectivity index (χ1) is 9.91. The zero-order valence-corrected chi connectivity index (χ0v) is 12.5. The molecule has 0 spiro atoms. The minimum Gasteiger partial charge on any atom is -0.459 e. The van der Waals surface area contributed by atoms with Gasteiger partial charge in [0, 0.05) is 11.1 Å². The zero-order valence-electron chi connectivity index (χ0n) is 11.7. The summed E-state index contributed by atoms with van der Waals surface area (Å²) < 4.78 is 33.3. The summed E-state index contributed by atoms with van der Waals surface area (Å²) in [5, 5.41) is 0.695. The van der Waals surface area contributed by atoms with Crippen LogP contribution in [0.2, 0.25) is 0 Å². The van der Waals surface area contributed by atoms with Crippen LogP contribution in [0.5, 0.6) is 0 Å². The molecule has 0 aliphatic rings. The highest BCUT2D eigenvalue weighted by molar-refractivity contribution is 7.91. The molecular weight excluding hydrogens is 294 g/mol. The molecule has 1 aromatic heterocycles. The summed E-state index contributed by atoms with van der Waals surface area (Å²) in [7, 11) is -3.16. The summed E-state index contributed by atoms with van der Waals surface area (Å²) in [6.45, 7) is 1.60. The van der Waals surface area contributed by atoms with Crippen molar-refractivity contribution < 1.29 is 22.4 Å². The highest BCUT2D eigenvalue weighted by atomic mass is 32.2. The Balaban J connectivity index is 1.99. The van der Waals surface area contributed by atoms with Crippen LogP contribution in [-0.2, 0) is 14.6 Å². The van der Waals surface area contributed by atoms with E-state index in [2.05, 4.69) is 0 Å². The van der Waals surface area contributed by atoms with E-state index in [9.17, 15) is 13.2 Å². The highest BCUT2D eigenvalue weighted by Gasteiger charge is 2.16. The van der Waals surface area contributed by atoms with Crippen molar-refractivity contribution in [2.24, 2.45) is 0 Å². The Kier molecular flexibility index (Phi) is 4.52. The van der Waals surface area contributed by atoms with Gasteiger partial charge in [-0.1, -0.05) is 6.92 Å². The number of furan rings is 1. The maximum Gasteiger partial charge on any atom is 0.374 e. The van der Waals surface area contributed by atoms with Gasteiger partial charge in [-0.25, -0.2) is 13.2 Å². The number of hydrogen-bond donors (Lipinski definition) is 1. The fraction of sp³-hybridized carbons (Fsp3) is 0.357. The molecule has 0 radical (unpaired) electrons. The molecule has 1 aromatic carbocycles. The third-order valence-electron chi connectivity index (χ3n) is 2.88. The van der Waals surface area contributed by atoms with Crippen LogP contribution in [-0.4, -0.2) is 32.5 Å². The number of carbonyl (C=O) groups excluding carboxylic acids is 1. The minimum absolute atomic E-state index is 0.0310. The molecular formula is C14H17NO5S. The molecule has 0 aliphatic carbocycles. The summed E-state index contributed by atoms with van der Waals surface area (Å²) in [5.41, 5.74) is 6.73. The highest BCUT2D eigenvalue weighted by Crippen LogP contribution is 2.22. The molecule has 0 fully saturated rings. The number of fused-ring (bicyclic) bond motifs is 1. The van der Waals surface area contributed by atoms with Gasteiger partial charge in [-0.15, -0.1) is 0 Å². The first-order valence-corrected chi connectivity index (χ1v) is 8.40. The van der Waals surface area contributed by atoms with Gasteiger partial charge >= 0.3 is 5.97 Å². The van der Waals surface area contributed by atoms with E-state index in [1.807, 2.05) is 0 Å². The van der Waals surface area contributed by atoms with Crippen LogP contribution in [0.4, 0.5) is 5.69 Å². The molecule has 0 bridgehead atoms. The maximum atomic E-state index is 11.8. The van der Waals surface area contributed by atoms with Gasteiger partial charge in [0.25, 0.3) is 0 Å². The maximum absolute atomic E-state index is 11.8. The van der Waals surface area contributed by atoms with E-state index in [4.69, 9.17) is 14.9 Å². The van der Waals surface area contributed by atoms with Crippen molar-refractivity contribution in [3.05, 3.63) is 30.0 Å². The Hall–Kier alpha value is -2.02. The Morgan fingerprint density at radius 1 is 1.29 bits per heavy atom. The van der Waals surface area contributed by atoms with Gasteiger partial charge in [0.05, 0.1) is 11.5 Å². The van der Waals surface area contributed by atoms with Crippen LogP contribution in [0.1, 0.15) is 23.9 Å². The first kappa shape index (κ1) is 15.4. The number of rotatable bonds is 6. The minimum atomic E-state index is -3.16. The molecule has 2 rings (SSSR count). The molecule has 7 heteroatoms. The first-order valence-electron chi connectivity index (χ1n) is 6.58. The fourth-order valence-electron chi connectivity index (χ4n) is 1.91. The van der Waals surface area contributed by atoms with Crippen LogP contribution in [0.25, 0.3) is 11.0 Å². The van der Waals surface area contributed by atoms with E-state index in [-0.39, 0.29) is 23.9 Å². The summed E-state index contributed by atoms with van der Waals surface area (Å²) >= 11 is 0. The number of nitrogen functional groups attached to an aromatic ring is 1. The van der Waals surface area contributed by atoms with Crippen LogP contribution >= 0.6 is 0 Å². The summed E-state index contributed by atoms with van der Waals surface area (Å²) in [6.07, 6.45) is 0.543. The molecule has 1 heterocycles. The predicted octanol–water partition coefficient (Wildman–Crippen LogP) is 2.00. The average Bonchev–Trinajstić information content (AvgIpc) is 2.81. The normalized spacial score (nSPS) is 11.7. The molecule has 0 saturated heterocycles. The van der Waals surface area contributed by atoms with Crippen molar-refractivity contribution >= 4 is 32.5 Å². The smallest absolute Gasteiger partial charge is 0.374 e. The van der Waals surface area contributed by atoms with Crippen LogP contribution in [0, 0.1) is 0 Å². The Morgan fingerprint density at radius 3 is 2.76 bits per heavy atom. The van der Waals surface area contributed by atoms with Crippen molar-refractivity contribution in [2.45, 2.75) is 13.3 Å². The second-order valence-electron chi connectivity index (χ2n) is 4.70. The summed E-state index contributed by atoms with van der Waals surface area (Å²) in [5.74, 6) is -0.742. The number of ether oxygens (including phenoxy) is 1. The molecule has 2 aromatic rings. The molecule has 6 nitrogen and oxygen atoms in total. The third kappa shape index (κ3) is 3.98. The Labute approximate surface area is 122 Å². The lowest BCUT2D eigenvalue weighted by molar-refractivity contribution is 0.0495. The second kappa shape index (κ2) is 6.17. The number of benzene rings is 1. The van der Waals surface area contributed by atoms with Gasteiger partial charge in [0.2, 0.25) is 5.76 Å². The SMILES string of the molecule is CCCS(=O)(=O)CCOC(=O)c1cc2cc(N)ccc2o1. The van der Waals surface area contributed by atoms with Crippen molar-refractivity contribution in [3.63, 3.8) is 0 Å². The van der Waals surface area contributed by atoms with Crippen LogP contribution < -0.4 is 5.73 Å². The fourth-order valence-corrected chi connectivity index (χ4v) is 3.07. The molecule has 0 saturated carbocycles. The number of hydrogen-bond acceptors (Lipinski definition) is 6. The second-order valence-corrected chi connectivity index (χ2v) is 7.00. The van der Waals surface area contributed by atoms with Crippen LogP contribution in [0.15, 0.2) is 28.7 Å². The van der Waals surface area contributed by atoms with Gasteiger partial charge in [-0.05, 0) is 30.7 Å². The van der Waals surface area contributed by atoms with Crippen molar-refractivity contribution in [3.8, 4) is 0 Å². The lowest BCUT2D eigenvalue weighted by Gasteiger charge is -2.03. The van der Waals surface area contributed by atoms with Gasteiger partial charge in [-0.2, -0.15) is 0 Å². The summed E-state index contributed by atoms with van der Waals surface area (Å²) in [4.78, 5) is 11.8. The van der Waals surface area contributed by atoms with Crippen molar-refractivity contribution in [2.75, 3.05) is 23.8 Å². The van der Waals surface area contributed by atoms with E-state index in [1.165, 1.54) is 6.07 Å². The van der Waals surface area contributed by atoms with Gasteiger partial charge < -0.3 is 14.9 Å². The molecule has 0 amide bonds. The van der Waals surface area contributed by atoms with E-state index in [0.717, 1.165) is 0 Å². The van der Waals surface area contributed by atoms with E-state index < -0.39 is 15.8 Å². The number of anilines is 1. The number of sulfone groups is 1. The Bertz CT molecular complexity index is 748. The lowest BCUT2D eigenvalue weighted by Crippen LogP contribution is -2.17. The topological polar surface area (TPSA) is 99.6 Å². The third-order valence-corrected chi connectivity index (χ3v) is 4.70. The standard InChI is InChI=1S/C14H17NO5S/c1-2-6-21(17,18)7-5-19-14(16)13-9-10-8-11(15)3-4-12(10)20-13/h3-4,8-9H,2,5-7,15H2,1H3. The Morgan fingerprint density at radius 2 is 2.05 bits per heavy atom. The number of esters is 1. The van der Waals surface area contributed by atoms with Gasteiger partial charge in [0.15, 0.2) is 9.84 Å². The lowest BCUT2D eigenvalue weighted by atomic mass is 10.2. The largest absolute Gasteiger partial charge is 0.459 e. The van der Waals surface area contributed by atoms with E-state index in [0.29, 0.717) is 23.1 Å². The molecule has 2 N–H and O–H groups in total. The van der Waals surface area contributed by atoms with E-state index >= 15 is 0 Å². The molecule has 21 heavy (non-hydrogen) atoms. The van der Waals surface area contributed by atoms with Crippen LogP contribution in [0.3, 0.4) is 0 Å². The zero-order chi connectivity index (χ0) is 15.5. The molecule has 0 aliphatic heterocycles. The summed E-state index contributed by atoms with van der Waals surface area (Å²) in [6, 6.07) is 6.53. The number of nitrogens with two attached hydrogens (primary N) is 1. The molecule has 114 valence electrons. The van der Waals surface area contributed by atoms with Gasteiger partial charge in [-0.3, -0.25) is 0 Å². The quantitative estimate of drug-likeness (QED) is 0.647.